The summed E-state index contributed by atoms with van der Waals surface area (Å²) in [5.41, 5.74) is 1.24. The van der Waals surface area contributed by atoms with Crippen LogP contribution in [0.1, 0.15) is 76.5 Å². The Morgan fingerprint density at radius 2 is 1.92 bits per heavy atom. The van der Waals surface area contributed by atoms with Gasteiger partial charge in [-0.15, -0.1) is 6.58 Å². The van der Waals surface area contributed by atoms with Gasteiger partial charge >= 0.3 is 0 Å². The van der Waals surface area contributed by atoms with E-state index in [-0.39, 0.29) is 33.7 Å². The van der Waals surface area contributed by atoms with Crippen molar-refractivity contribution < 1.29 is 9.18 Å². The minimum atomic E-state index is -0.601. The molecule has 0 unspecified atom stereocenters. The Balaban J connectivity index is 1.90. The summed E-state index contributed by atoms with van der Waals surface area (Å²) in [5.74, 6) is 0.923. The Bertz CT molecular complexity index is 1130. The van der Waals surface area contributed by atoms with E-state index in [1.54, 1.807) is 6.07 Å². The van der Waals surface area contributed by atoms with Crippen molar-refractivity contribution in [2.75, 3.05) is 5.75 Å². The second kappa shape index (κ2) is 10.7. The van der Waals surface area contributed by atoms with Gasteiger partial charge in [0.25, 0.3) is 0 Å². The van der Waals surface area contributed by atoms with Crippen LogP contribution < -0.4 is 0 Å². The molecule has 2 fully saturated rings. The number of benzene rings is 2. The molecule has 2 aromatic rings. The maximum Gasteiger partial charge on any atom is 0.229 e. The molecule has 6 heteroatoms. The summed E-state index contributed by atoms with van der Waals surface area (Å²) < 4.78 is 14.9. The van der Waals surface area contributed by atoms with E-state index >= 15 is 0 Å². The predicted molar refractivity (Wildman–Crippen MR) is 151 cm³/mol. The Hall–Kier alpha value is -1.49. The summed E-state index contributed by atoms with van der Waals surface area (Å²) in [4.78, 5) is 16.6. The number of rotatable bonds is 8. The van der Waals surface area contributed by atoms with Crippen LogP contribution in [0.5, 0.6) is 0 Å². The smallest absolute Gasteiger partial charge is 0.229 e. The largest absolute Gasteiger partial charge is 0.330 e. The summed E-state index contributed by atoms with van der Waals surface area (Å²) >= 11 is 14.4. The highest BCUT2D eigenvalue weighted by atomic mass is 35.5. The van der Waals surface area contributed by atoms with Crippen molar-refractivity contribution in [3.8, 4) is 0 Å². The van der Waals surface area contributed by atoms with Gasteiger partial charge in [-0.05, 0) is 67.0 Å². The van der Waals surface area contributed by atoms with Gasteiger partial charge in [0.05, 0.1) is 16.5 Å². The van der Waals surface area contributed by atoms with Crippen molar-refractivity contribution in [3.05, 3.63) is 82.1 Å². The van der Waals surface area contributed by atoms with Gasteiger partial charge in [0, 0.05) is 27.5 Å². The molecule has 0 bridgehead atoms. The van der Waals surface area contributed by atoms with Crippen molar-refractivity contribution >= 4 is 40.9 Å². The lowest BCUT2D eigenvalue weighted by molar-refractivity contribution is -0.154. The molecule has 1 aliphatic carbocycles. The first-order valence-corrected chi connectivity index (χ1v) is 14.5. The first-order chi connectivity index (χ1) is 16.9. The maximum absolute atomic E-state index is 14.8. The molecule has 0 aromatic heterocycles. The van der Waals surface area contributed by atoms with Crippen molar-refractivity contribution in [2.24, 2.45) is 11.3 Å². The molecular weight excluding hydrogens is 512 g/mol. The number of amides is 1. The SMILES string of the molecule is C=CC[C@@]1(C)C[C@H](c2cccc(Cl)c2)[C@@H](c2ccc(Cl)c(F)c2)N([C@H](CSC(C)(C)C)C2CC2)C1=O. The van der Waals surface area contributed by atoms with Crippen LogP contribution in [0.25, 0.3) is 0 Å². The zero-order valence-corrected chi connectivity index (χ0v) is 23.9. The number of likely N-dealkylation sites (tertiary alicyclic amines) is 1. The molecule has 1 saturated heterocycles. The third-order valence-corrected chi connectivity index (χ3v) is 9.39. The minimum Gasteiger partial charge on any atom is -0.330 e. The third-order valence-electron chi connectivity index (χ3n) is 7.47. The second-order valence-corrected chi connectivity index (χ2v) is 14.3. The van der Waals surface area contributed by atoms with Gasteiger partial charge in [-0.3, -0.25) is 4.79 Å². The molecule has 36 heavy (non-hydrogen) atoms. The van der Waals surface area contributed by atoms with E-state index in [9.17, 15) is 9.18 Å². The number of thioether (sulfide) groups is 1. The fraction of sp³-hybridized carbons (Fsp3) is 0.500. The van der Waals surface area contributed by atoms with E-state index in [2.05, 4.69) is 45.2 Å². The lowest BCUT2D eigenvalue weighted by Gasteiger charge is -2.52. The average molecular weight is 549 g/mol. The van der Waals surface area contributed by atoms with Crippen molar-refractivity contribution in [1.82, 2.24) is 4.90 Å². The molecule has 1 aliphatic heterocycles. The topological polar surface area (TPSA) is 20.3 Å². The van der Waals surface area contributed by atoms with Crippen LogP contribution in [0.4, 0.5) is 4.39 Å². The van der Waals surface area contributed by atoms with E-state index in [1.165, 1.54) is 6.07 Å². The zero-order valence-electron chi connectivity index (χ0n) is 21.6. The highest BCUT2D eigenvalue weighted by molar-refractivity contribution is 8.00. The summed E-state index contributed by atoms with van der Waals surface area (Å²) in [7, 11) is 0. The van der Waals surface area contributed by atoms with Gasteiger partial charge in [0.15, 0.2) is 0 Å². The van der Waals surface area contributed by atoms with Crippen LogP contribution >= 0.6 is 35.0 Å². The zero-order chi connectivity index (χ0) is 26.3. The highest BCUT2D eigenvalue weighted by Crippen LogP contribution is 2.54. The number of halogens is 3. The minimum absolute atomic E-state index is 0.0483. The molecule has 4 atom stereocenters. The Kier molecular flexibility index (Phi) is 8.19. The van der Waals surface area contributed by atoms with Gasteiger partial charge in [-0.2, -0.15) is 11.8 Å². The van der Waals surface area contributed by atoms with E-state index in [0.717, 1.165) is 29.7 Å². The predicted octanol–water partition coefficient (Wildman–Crippen LogP) is 9.08. The normalized spacial score (nSPS) is 25.6. The van der Waals surface area contributed by atoms with Gasteiger partial charge in [0.2, 0.25) is 5.91 Å². The first-order valence-electron chi connectivity index (χ1n) is 12.7. The molecule has 0 spiro atoms. The quantitative estimate of drug-likeness (QED) is 0.307. The molecule has 2 aliphatic rings. The average Bonchev–Trinajstić information content (AvgIpc) is 3.63. The van der Waals surface area contributed by atoms with Gasteiger partial charge < -0.3 is 4.90 Å². The fourth-order valence-electron chi connectivity index (χ4n) is 5.55. The molecule has 194 valence electrons. The van der Waals surface area contributed by atoms with Crippen LogP contribution in [0, 0.1) is 17.2 Å². The third kappa shape index (κ3) is 5.97. The second-order valence-electron chi connectivity index (χ2n) is 11.6. The molecule has 0 radical (unpaired) electrons. The summed E-state index contributed by atoms with van der Waals surface area (Å²) in [5, 5.41) is 0.745. The van der Waals surface area contributed by atoms with Crippen molar-refractivity contribution in [1.29, 1.82) is 0 Å². The van der Waals surface area contributed by atoms with Gasteiger partial charge in [-0.1, -0.05) is 75.2 Å². The van der Waals surface area contributed by atoms with Crippen molar-refractivity contribution in [2.45, 2.75) is 76.1 Å². The molecular formula is C30H36Cl2FNOS. The molecule has 2 aromatic carbocycles. The summed E-state index contributed by atoms with van der Waals surface area (Å²) in [6.45, 7) is 12.7. The van der Waals surface area contributed by atoms with E-state index in [0.29, 0.717) is 23.8 Å². The Morgan fingerprint density at radius 1 is 1.19 bits per heavy atom. The van der Waals surface area contributed by atoms with Crippen LogP contribution in [0.3, 0.4) is 0 Å². The van der Waals surface area contributed by atoms with Gasteiger partial charge in [-0.25, -0.2) is 4.39 Å². The molecule has 0 N–H and O–H groups in total. The van der Waals surface area contributed by atoms with Crippen LogP contribution in [0.15, 0.2) is 55.1 Å². The molecule has 1 saturated carbocycles. The Labute approximate surface area is 229 Å². The number of piperidine rings is 1. The Morgan fingerprint density at radius 3 is 2.50 bits per heavy atom. The number of nitrogens with zero attached hydrogens (tertiary/aromatic N) is 1. The lowest BCUT2D eigenvalue weighted by atomic mass is 9.67. The number of carbonyl (C=O) groups is 1. The number of hydrogen-bond donors (Lipinski definition) is 0. The first kappa shape index (κ1) is 27.5. The van der Waals surface area contributed by atoms with E-state index in [1.807, 2.05) is 42.1 Å². The molecule has 1 heterocycles. The van der Waals surface area contributed by atoms with Crippen LogP contribution in [-0.2, 0) is 4.79 Å². The standard InChI is InChI=1S/C30H36Cl2FNOS/c1-6-14-30(5)17-23(20-8-7-9-22(31)15-20)27(21-12-13-24(32)25(33)16-21)34(28(30)35)26(19-10-11-19)18-36-29(2,3)4/h6-9,12-13,15-16,19,23,26-27H,1,10-11,14,17-18H2,2-5H3/t23-,26-,27-,30+/m1/s1. The van der Waals surface area contributed by atoms with Crippen molar-refractivity contribution in [3.63, 3.8) is 0 Å². The monoisotopic (exact) mass is 547 g/mol. The molecule has 1 amide bonds. The summed E-state index contributed by atoms with van der Waals surface area (Å²) in [6.07, 6.45) is 5.30. The van der Waals surface area contributed by atoms with E-state index in [4.69, 9.17) is 23.2 Å². The van der Waals surface area contributed by atoms with Crippen LogP contribution in [-0.4, -0.2) is 27.3 Å². The summed E-state index contributed by atoms with van der Waals surface area (Å²) in [6, 6.07) is 12.6. The fourth-order valence-corrected chi connectivity index (χ4v) is 6.97. The number of hydrogen-bond acceptors (Lipinski definition) is 2. The highest BCUT2D eigenvalue weighted by Gasteiger charge is 2.53. The van der Waals surface area contributed by atoms with E-state index < -0.39 is 11.2 Å². The molecule has 4 rings (SSSR count). The lowest BCUT2D eigenvalue weighted by Crippen LogP contribution is -2.57. The maximum atomic E-state index is 14.8. The van der Waals surface area contributed by atoms with Gasteiger partial charge in [0.1, 0.15) is 5.82 Å². The van der Waals surface area contributed by atoms with Crippen LogP contribution in [0.2, 0.25) is 10.0 Å². The molecule has 2 nitrogen and oxygen atoms in total. The number of allylic oxidation sites excluding steroid dienone is 1. The number of carbonyl (C=O) groups excluding carboxylic acids is 1.